The Bertz CT molecular complexity index is 1450. The Morgan fingerprint density at radius 2 is 1.74 bits per heavy atom. The zero-order valence-corrected chi connectivity index (χ0v) is 19.1. The largest absolute Gasteiger partial charge is 0.493 e. The van der Waals surface area contributed by atoms with Crippen LogP contribution >= 0.6 is 11.6 Å². The van der Waals surface area contributed by atoms with Gasteiger partial charge >= 0.3 is 0 Å². The molecular weight excluding hydrogens is 458 g/mol. The standard InChI is InChI=1S/C25H20ClN3O5/c1-33-21-6-4-17(12-22(21)34-2)28-23(30)14-29-13-19(24(31)15-7-9-27-10-8-15)25(32)18-11-16(26)3-5-20(18)29/h3-13H,14H2,1-2H3,(H,28,30). The molecule has 0 aliphatic carbocycles. The summed E-state index contributed by atoms with van der Waals surface area (Å²) in [5.41, 5.74) is 0.762. The molecule has 0 unspecified atom stereocenters. The third-order valence-electron chi connectivity index (χ3n) is 5.21. The fraction of sp³-hybridized carbons (Fsp3) is 0.120. The summed E-state index contributed by atoms with van der Waals surface area (Å²) in [6.45, 7) is -0.149. The number of fused-ring (bicyclic) bond motifs is 1. The van der Waals surface area contributed by atoms with E-state index < -0.39 is 11.2 Å². The van der Waals surface area contributed by atoms with Crippen LogP contribution in [0, 0.1) is 0 Å². The molecule has 0 atom stereocenters. The summed E-state index contributed by atoms with van der Waals surface area (Å²) in [5, 5.41) is 3.38. The van der Waals surface area contributed by atoms with Gasteiger partial charge in [-0.2, -0.15) is 0 Å². The van der Waals surface area contributed by atoms with Crippen molar-refractivity contribution in [1.82, 2.24) is 9.55 Å². The van der Waals surface area contributed by atoms with Gasteiger partial charge in [0.2, 0.25) is 11.3 Å². The van der Waals surface area contributed by atoms with Gasteiger partial charge in [0.1, 0.15) is 6.54 Å². The van der Waals surface area contributed by atoms with Crippen LogP contribution in [0.15, 0.2) is 71.9 Å². The minimum absolute atomic E-state index is 0.0696. The first-order chi connectivity index (χ1) is 16.4. The lowest BCUT2D eigenvalue weighted by Crippen LogP contribution is -2.24. The SMILES string of the molecule is COc1ccc(NC(=O)Cn2cc(C(=O)c3ccncc3)c(=O)c3cc(Cl)ccc32)cc1OC. The molecule has 8 nitrogen and oxygen atoms in total. The molecule has 2 aromatic heterocycles. The number of benzene rings is 2. The number of halogens is 1. The van der Waals surface area contributed by atoms with Gasteiger partial charge in [0.15, 0.2) is 17.3 Å². The second-order valence-electron chi connectivity index (χ2n) is 7.34. The molecule has 34 heavy (non-hydrogen) atoms. The highest BCUT2D eigenvalue weighted by molar-refractivity contribution is 6.31. The first-order valence-electron chi connectivity index (χ1n) is 10.2. The summed E-state index contributed by atoms with van der Waals surface area (Å²) in [6, 6.07) is 12.8. The maximum Gasteiger partial charge on any atom is 0.244 e. The van der Waals surface area contributed by atoms with Gasteiger partial charge in [0.05, 0.1) is 25.3 Å². The van der Waals surface area contributed by atoms with Crippen molar-refractivity contribution in [1.29, 1.82) is 0 Å². The highest BCUT2D eigenvalue weighted by Gasteiger charge is 2.19. The minimum atomic E-state index is -0.469. The summed E-state index contributed by atoms with van der Waals surface area (Å²) in [6.07, 6.45) is 4.34. The lowest BCUT2D eigenvalue weighted by atomic mass is 10.0. The molecule has 0 fully saturated rings. The Labute approximate surface area is 199 Å². The van der Waals surface area contributed by atoms with Gasteiger partial charge in [-0.3, -0.25) is 19.4 Å². The van der Waals surface area contributed by atoms with Crippen LogP contribution in [0.1, 0.15) is 15.9 Å². The Kier molecular flexibility index (Phi) is 6.60. The number of nitrogens with one attached hydrogen (secondary N) is 1. The molecule has 9 heteroatoms. The molecule has 0 bridgehead atoms. The monoisotopic (exact) mass is 477 g/mol. The molecule has 4 aromatic rings. The fourth-order valence-corrected chi connectivity index (χ4v) is 3.76. The number of aromatic nitrogens is 2. The van der Waals surface area contributed by atoms with E-state index in [9.17, 15) is 14.4 Å². The number of methoxy groups -OCH3 is 2. The molecule has 1 N–H and O–H groups in total. The summed E-state index contributed by atoms with van der Waals surface area (Å²) in [4.78, 5) is 43.0. The van der Waals surface area contributed by atoms with Crippen LogP contribution in [0.25, 0.3) is 10.9 Å². The predicted molar refractivity (Wildman–Crippen MR) is 129 cm³/mol. The summed E-state index contributed by atoms with van der Waals surface area (Å²) in [5.74, 6) is 0.162. The first-order valence-corrected chi connectivity index (χ1v) is 10.6. The number of anilines is 1. The second-order valence-corrected chi connectivity index (χ2v) is 7.78. The molecule has 2 aromatic carbocycles. The Balaban J connectivity index is 1.72. The summed E-state index contributed by atoms with van der Waals surface area (Å²) < 4.78 is 12.0. The Morgan fingerprint density at radius 1 is 1.00 bits per heavy atom. The Morgan fingerprint density at radius 3 is 2.44 bits per heavy atom. The van der Waals surface area contributed by atoms with Crippen molar-refractivity contribution in [3.05, 3.63) is 93.5 Å². The van der Waals surface area contributed by atoms with E-state index >= 15 is 0 Å². The number of pyridine rings is 2. The van der Waals surface area contributed by atoms with Crippen molar-refractivity contribution < 1.29 is 19.1 Å². The third-order valence-corrected chi connectivity index (χ3v) is 5.45. The van der Waals surface area contributed by atoms with Crippen molar-refractivity contribution in [2.45, 2.75) is 6.54 Å². The maximum atomic E-state index is 13.1. The van der Waals surface area contributed by atoms with Crippen LogP contribution in [0.4, 0.5) is 5.69 Å². The van der Waals surface area contributed by atoms with E-state index in [-0.39, 0.29) is 23.4 Å². The average Bonchev–Trinajstić information content (AvgIpc) is 2.85. The number of ketones is 1. The molecule has 0 radical (unpaired) electrons. The van der Waals surface area contributed by atoms with E-state index in [1.807, 2.05) is 0 Å². The van der Waals surface area contributed by atoms with Gasteiger partial charge in [-0.25, -0.2) is 0 Å². The molecule has 2 heterocycles. The normalized spacial score (nSPS) is 10.7. The van der Waals surface area contributed by atoms with Gasteiger partial charge in [-0.15, -0.1) is 0 Å². The van der Waals surface area contributed by atoms with Crippen molar-refractivity contribution in [2.24, 2.45) is 0 Å². The number of hydrogen-bond donors (Lipinski definition) is 1. The van der Waals surface area contributed by atoms with Crippen molar-refractivity contribution in [2.75, 3.05) is 19.5 Å². The van der Waals surface area contributed by atoms with Gasteiger partial charge in [0, 0.05) is 46.3 Å². The fourth-order valence-electron chi connectivity index (χ4n) is 3.59. The predicted octanol–water partition coefficient (Wildman–Crippen LogP) is 3.94. The Hall–Kier alpha value is -4.17. The number of ether oxygens (including phenoxy) is 2. The summed E-state index contributed by atoms with van der Waals surface area (Å²) >= 11 is 6.12. The van der Waals surface area contributed by atoms with Crippen LogP contribution < -0.4 is 20.2 Å². The number of rotatable bonds is 7. The molecule has 0 saturated heterocycles. The van der Waals surface area contributed by atoms with E-state index in [0.717, 1.165) is 0 Å². The van der Waals surface area contributed by atoms with Crippen LogP contribution in [0.5, 0.6) is 11.5 Å². The lowest BCUT2D eigenvalue weighted by molar-refractivity contribution is -0.116. The number of carbonyl (C=O) groups is 2. The maximum absolute atomic E-state index is 13.1. The van der Waals surface area contributed by atoms with Crippen molar-refractivity contribution >= 4 is 39.9 Å². The molecule has 1 amide bonds. The number of hydrogen-bond acceptors (Lipinski definition) is 6. The first kappa shape index (κ1) is 23.0. The zero-order valence-electron chi connectivity index (χ0n) is 18.4. The molecule has 0 aliphatic rings. The molecular formula is C25H20ClN3O5. The molecule has 4 rings (SSSR count). The molecule has 0 spiro atoms. The molecule has 0 aliphatic heterocycles. The number of amides is 1. The second kappa shape index (κ2) is 9.76. The van der Waals surface area contributed by atoms with Crippen LogP contribution in [0.2, 0.25) is 5.02 Å². The highest BCUT2D eigenvalue weighted by Crippen LogP contribution is 2.29. The van der Waals surface area contributed by atoms with E-state index in [0.29, 0.717) is 33.3 Å². The van der Waals surface area contributed by atoms with Gasteiger partial charge in [-0.1, -0.05) is 11.6 Å². The molecule has 172 valence electrons. The summed E-state index contributed by atoms with van der Waals surface area (Å²) in [7, 11) is 3.02. The van der Waals surface area contributed by atoms with E-state index in [1.165, 1.54) is 51.0 Å². The van der Waals surface area contributed by atoms with Gasteiger partial charge in [0.25, 0.3) is 0 Å². The molecule has 0 saturated carbocycles. The lowest BCUT2D eigenvalue weighted by Gasteiger charge is -2.14. The quantitative estimate of drug-likeness (QED) is 0.405. The smallest absolute Gasteiger partial charge is 0.244 e. The van der Waals surface area contributed by atoms with Gasteiger partial charge < -0.3 is 19.4 Å². The van der Waals surface area contributed by atoms with E-state index in [1.54, 1.807) is 34.9 Å². The van der Waals surface area contributed by atoms with Crippen molar-refractivity contribution in [3.63, 3.8) is 0 Å². The number of nitrogens with zero attached hydrogens (tertiary/aromatic N) is 2. The average molecular weight is 478 g/mol. The zero-order chi connectivity index (χ0) is 24.2. The van der Waals surface area contributed by atoms with Crippen LogP contribution in [-0.4, -0.2) is 35.5 Å². The van der Waals surface area contributed by atoms with Crippen LogP contribution in [-0.2, 0) is 11.3 Å². The minimum Gasteiger partial charge on any atom is -0.493 e. The topological polar surface area (TPSA) is 99.5 Å². The van der Waals surface area contributed by atoms with Crippen molar-refractivity contribution in [3.8, 4) is 11.5 Å². The third kappa shape index (κ3) is 4.62. The van der Waals surface area contributed by atoms with E-state index in [2.05, 4.69) is 10.3 Å². The van der Waals surface area contributed by atoms with Crippen LogP contribution in [0.3, 0.4) is 0 Å². The number of carbonyl (C=O) groups excluding carboxylic acids is 2. The van der Waals surface area contributed by atoms with E-state index in [4.69, 9.17) is 21.1 Å². The van der Waals surface area contributed by atoms with Gasteiger partial charge in [-0.05, 0) is 42.5 Å². The highest BCUT2D eigenvalue weighted by atomic mass is 35.5.